The summed E-state index contributed by atoms with van der Waals surface area (Å²) in [7, 11) is 0. The molecular formula is C26H24F2N2O3. The van der Waals surface area contributed by atoms with E-state index < -0.39 is 11.6 Å². The quantitative estimate of drug-likeness (QED) is 0.491. The molecule has 1 fully saturated rings. The van der Waals surface area contributed by atoms with Crippen LogP contribution in [0.5, 0.6) is 5.75 Å². The summed E-state index contributed by atoms with van der Waals surface area (Å²) in [6, 6.07) is 12.7. The number of nitrogens with zero attached hydrogens (tertiary/aromatic N) is 1. The molecule has 0 aliphatic heterocycles. The second-order valence-corrected chi connectivity index (χ2v) is 8.29. The minimum absolute atomic E-state index is 0.0667. The van der Waals surface area contributed by atoms with Crippen molar-refractivity contribution in [3.63, 3.8) is 0 Å². The van der Waals surface area contributed by atoms with Crippen molar-refractivity contribution in [2.24, 2.45) is 0 Å². The second kappa shape index (κ2) is 9.90. The maximum Gasteiger partial charge on any atom is 0.222 e. The van der Waals surface area contributed by atoms with Crippen molar-refractivity contribution < 1.29 is 23.1 Å². The van der Waals surface area contributed by atoms with Crippen molar-refractivity contribution >= 4 is 17.5 Å². The lowest BCUT2D eigenvalue weighted by Crippen LogP contribution is -2.10. The van der Waals surface area contributed by atoms with E-state index in [0.29, 0.717) is 23.0 Å². The van der Waals surface area contributed by atoms with Crippen LogP contribution in [0.3, 0.4) is 0 Å². The Hall–Kier alpha value is -3.61. The average molecular weight is 450 g/mol. The Morgan fingerprint density at radius 1 is 1.00 bits per heavy atom. The zero-order valence-corrected chi connectivity index (χ0v) is 18.2. The predicted octanol–water partition coefficient (Wildman–Crippen LogP) is 5.13. The van der Waals surface area contributed by atoms with Crippen LogP contribution in [0, 0.1) is 11.6 Å². The first kappa shape index (κ1) is 22.6. The number of pyridine rings is 1. The fourth-order valence-corrected chi connectivity index (χ4v) is 3.63. The van der Waals surface area contributed by atoms with Gasteiger partial charge in [0, 0.05) is 32.0 Å². The number of hydrogen-bond acceptors (Lipinski definition) is 4. The number of ether oxygens (including phenoxy) is 1. The van der Waals surface area contributed by atoms with Gasteiger partial charge in [0.05, 0.1) is 0 Å². The number of carbonyl (C=O) groups is 2. The third kappa shape index (κ3) is 6.22. The largest absolute Gasteiger partial charge is 0.489 e. The van der Waals surface area contributed by atoms with Crippen LogP contribution in [-0.4, -0.2) is 16.7 Å². The molecule has 0 unspecified atom stereocenters. The van der Waals surface area contributed by atoms with E-state index in [2.05, 4.69) is 10.3 Å². The van der Waals surface area contributed by atoms with Gasteiger partial charge in [0.25, 0.3) is 0 Å². The first-order valence-electron chi connectivity index (χ1n) is 10.8. The van der Waals surface area contributed by atoms with Gasteiger partial charge in [0.15, 0.2) is 0 Å². The molecule has 1 heterocycles. The van der Waals surface area contributed by atoms with Crippen LogP contribution in [0.25, 0.3) is 0 Å². The number of nitrogens with one attached hydrogen (secondary N) is 1. The van der Waals surface area contributed by atoms with Crippen molar-refractivity contribution in [2.75, 3.05) is 5.32 Å². The summed E-state index contributed by atoms with van der Waals surface area (Å²) in [6.45, 7) is 1.55. The fourth-order valence-electron chi connectivity index (χ4n) is 3.63. The molecule has 0 spiro atoms. The summed E-state index contributed by atoms with van der Waals surface area (Å²) < 4.78 is 34.3. The molecule has 3 aromatic rings. The molecule has 1 saturated carbocycles. The topological polar surface area (TPSA) is 68.3 Å². The summed E-state index contributed by atoms with van der Waals surface area (Å²) >= 11 is 0. The maximum atomic E-state index is 14.6. The molecule has 1 N–H and O–H groups in total. The molecule has 4 rings (SSSR count). The predicted molar refractivity (Wildman–Crippen MR) is 120 cm³/mol. The highest BCUT2D eigenvalue weighted by molar-refractivity contribution is 5.87. The lowest BCUT2D eigenvalue weighted by molar-refractivity contribution is -0.118. The molecule has 1 aliphatic rings. The molecule has 0 atom stereocenters. The molecular weight excluding hydrogens is 426 g/mol. The van der Waals surface area contributed by atoms with Crippen LogP contribution >= 0.6 is 0 Å². The van der Waals surface area contributed by atoms with Crippen molar-refractivity contribution in [1.82, 2.24) is 4.98 Å². The average Bonchev–Trinajstić information content (AvgIpc) is 3.61. The molecule has 5 nitrogen and oxygen atoms in total. The Labute approximate surface area is 190 Å². The molecule has 0 radical (unpaired) electrons. The monoisotopic (exact) mass is 450 g/mol. The molecule has 1 aromatic heterocycles. The third-order valence-corrected chi connectivity index (χ3v) is 5.45. The van der Waals surface area contributed by atoms with Crippen molar-refractivity contribution in [2.45, 2.75) is 45.1 Å². The van der Waals surface area contributed by atoms with Crippen LogP contribution in [0.4, 0.5) is 14.6 Å². The van der Waals surface area contributed by atoms with E-state index in [1.807, 2.05) is 0 Å². The SMILES string of the molecule is CC(=O)Nc1cc(COc2ccc(CC(=O)Cc3cc(C4CC4)ccc3F)c(F)c2)ccn1. The van der Waals surface area contributed by atoms with E-state index in [0.717, 1.165) is 24.0 Å². The van der Waals surface area contributed by atoms with E-state index in [1.54, 1.807) is 36.5 Å². The fraction of sp³-hybridized carbons (Fsp3) is 0.269. The van der Waals surface area contributed by atoms with Crippen LogP contribution < -0.4 is 10.1 Å². The summed E-state index contributed by atoms with van der Waals surface area (Å²) in [5, 5.41) is 2.59. The number of aromatic nitrogens is 1. The molecule has 1 aliphatic carbocycles. The Morgan fingerprint density at radius 2 is 1.79 bits per heavy atom. The van der Waals surface area contributed by atoms with Gasteiger partial charge in [-0.05, 0) is 65.3 Å². The van der Waals surface area contributed by atoms with Gasteiger partial charge in [-0.1, -0.05) is 18.2 Å². The molecule has 2 aromatic carbocycles. The first-order valence-corrected chi connectivity index (χ1v) is 10.8. The number of benzene rings is 2. The number of amides is 1. The zero-order chi connectivity index (χ0) is 23.4. The third-order valence-electron chi connectivity index (χ3n) is 5.45. The Balaban J connectivity index is 1.35. The number of hydrogen-bond donors (Lipinski definition) is 1. The number of Topliss-reactive ketones (excluding diaryl/α,β-unsaturated/α-hetero) is 1. The normalized spacial score (nSPS) is 12.9. The maximum absolute atomic E-state index is 14.6. The number of carbonyl (C=O) groups excluding carboxylic acids is 2. The van der Waals surface area contributed by atoms with E-state index in [1.165, 1.54) is 25.1 Å². The molecule has 170 valence electrons. The number of halogens is 2. The van der Waals surface area contributed by atoms with E-state index in [4.69, 9.17) is 4.74 Å². The minimum atomic E-state index is -0.554. The van der Waals surface area contributed by atoms with Crippen LogP contribution in [0.1, 0.15) is 47.9 Å². The summed E-state index contributed by atoms with van der Waals surface area (Å²) in [4.78, 5) is 27.7. The number of ketones is 1. The summed E-state index contributed by atoms with van der Waals surface area (Å²) in [5.74, 6) is -0.264. The van der Waals surface area contributed by atoms with Crippen molar-refractivity contribution in [3.8, 4) is 5.75 Å². The van der Waals surface area contributed by atoms with Crippen LogP contribution in [0.2, 0.25) is 0 Å². The second-order valence-electron chi connectivity index (χ2n) is 8.29. The van der Waals surface area contributed by atoms with Crippen LogP contribution in [0.15, 0.2) is 54.7 Å². The van der Waals surface area contributed by atoms with Crippen molar-refractivity contribution in [1.29, 1.82) is 0 Å². The van der Waals surface area contributed by atoms with E-state index in [9.17, 15) is 18.4 Å². The molecule has 1 amide bonds. The van der Waals surface area contributed by atoms with Gasteiger partial charge in [0.2, 0.25) is 5.91 Å². The Bertz CT molecular complexity index is 1190. The highest BCUT2D eigenvalue weighted by Crippen LogP contribution is 2.40. The highest BCUT2D eigenvalue weighted by Gasteiger charge is 2.24. The van der Waals surface area contributed by atoms with Gasteiger partial charge in [-0.25, -0.2) is 13.8 Å². The van der Waals surface area contributed by atoms with Gasteiger partial charge in [-0.3, -0.25) is 9.59 Å². The minimum Gasteiger partial charge on any atom is -0.489 e. The van der Waals surface area contributed by atoms with E-state index in [-0.39, 0.29) is 36.7 Å². The van der Waals surface area contributed by atoms with Gasteiger partial charge < -0.3 is 10.1 Å². The summed E-state index contributed by atoms with van der Waals surface area (Å²) in [6.07, 6.45) is 3.54. The Morgan fingerprint density at radius 3 is 2.52 bits per heavy atom. The standard InChI is InChI=1S/C26H24F2N2O3/c1-16(31)30-26-10-17(8-9-29-26)15-33-23-6-4-20(25(28)14-23)12-22(32)13-21-11-19(18-2-3-18)5-7-24(21)27/h4-11,14,18H,2-3,12-13,15H2,1H3,(H,29,30,31). The van der Waals surface area contributed by atoms with Crippen molar-refractivity contribution in [3.05, 3.63) is 88.6 Å². The summed E-state index contributed by atoms with van der Waals surface area (Å²) in [5.41, 5.74) is 2.41. The molecule has 0 bridgehead atoms. The van der Waals surface area contributed by atoms with Crippen LogP contribution in [-0.2, 0) is 29.0 Å². The van der Waals surface area contributed by atoms with Gasteiger partial charge >= 0.3 is 0 Å². The number of rotatable bonds is 9. The zero-order valence-electron chi connectivity index (χ0n) is 18.2. The number of anilines is 1. The highest BCUT2D eigenvalue weighted by atomic mass is 19.1. The Kier molecular flexibility index (Phi) is 6.77. The lowest BCUT2D eigenvalue weighted by Gasteiger charge is -2.10. The molecule has 0 saturated heterocycles. The molecule has 7 heteroatoms. The van der Waals surface area contributed by atoms with Gasteiger partial charge in [0.1, 0.15) is 35.6 Å². The van der Waals surface area contributed by atoms with E-state index >= 15 is 0 Å². The lowest BCUT2D eigenvalue weighted by atomic mass is 9.99. The smallest absolute Gasteiger partial charge is 0.222 e. The first-order chi connectivity index (χ1) is 15.9. The molecule has 33 heavy (non-hydrogen) atoms. The van der Waals surface area contributed by atoms with Gasteiger partial charge in [-0.15, -0.1) is 0 Å². The van der Waals surface area contributed by atoms with Gasteiger partial charge in [-0.2, -0.15) is 0 Å².